The maximum Gasteiger partial charge on any atom is 0.168 e. The Morgan fingerprint density at radius 2 is 1.92 bits per heavy atom. The van der Waals surface area contributed by atoms with Gasteiger partial charge in [-0.15, -0.1) is 0 Å². The third kappa shape index (κ3) is 1.99. The lowest BCUT2D eigenvalue weighted by molar-refractivity contribution is -0.0864. The number of phenolic OH excluding ortho intramolecular Hbond substituents is 1. The van der Waals surface area contributed by atoms with Crippen LogP contribution in [-0.2, 0) is 5.60 Å². The van der Waals surface area contributed by atoms with Crippen molar-refractivity contribution in [1.82, 2.24) is 0 Å². The van der Waals surface area contributed by atoms with Gasteiger partial charge in [0.15, 0.2) is 11.7 Å². The van der Waals surface area contributed by atoms with E-state index >= 15 is 0 Å². The Labute approximate surface area is 145 Å². The number of fused-ring (bicyclic) bond motifs is 6. The van der Waals surface area contributed by atoms with Gasteiger partial charge in [0.25, 0.3) is 0 Å². The standard InChI is InChI=1S/C20H18O5/c1-19(2)6-5-11-7-14-17(9-15(11)25-19)24-18-13-4-3-12(21)8-16(13)23-10-20(14,18)22/h3-9,18,21-22H,10H2,1-2H3/t18-,20-/m0/s1. The number of rotatable bonds is 0. The lowest BCUT2D eigenvalue weighted by atomic mass is 9.84. The summed E-state index contributed by atoms with van der Waals surface area (Å²) >= 11 is 0. The highest BCUT2D eigenvalue weighted by Gasteiger charge is 2.53. The summed E-state index contributed by atoms with van der Waals surface area (Å²) in [6.45, 7) is 4.05. The number of aromatic hydroxyl groups is 1. The summed E-state index contributed by atoms with van der Waals surface area (Å²) in [6.07, 6.45) is 3.42. The fraction of sp³-hybridized carbons (Fsp3) is 0.300. The summed E-state index contributed by atoms with van der Waals surface area (Å²) in [6, 6.07) is 8.59. The monoisotopic (exact) mass is 338 g/mol. The lowest BCUT2D eigenvalue weighted by Gasteiger charge is -2.35. The zero-order valence-electron chi connectivity index (χ0n) is 13.9. The van der Waals surface area contributed by atoms with Gasteiger partial charge in [0.05, 0.1) is 0 Å². The zero-order valence-corrected chi connectivity index (χ0v) is 13.9. The van der Waals surface area contributed by atoms with Gasteiger partial charge < -0.3 is 24.4 Å². The molecular weight excluding hydrogens is 320 g/mol. The summed E-state index contributed by atoms with van der Waals surface area (Å²) < 4.78 is 17.8. The number of aliphatic hydroxyl groups is 1. The summed E-state index contributed by atoms with van der Waals surface area (Å²) in [5.41, 5.74) is 0.680. The van der Waals surface area contributed by atoms with E-state index in [0.29, 0.717) is 17.1 Å². The first-order valence-electron chi connectivity index (χ1n) is 8.27. The molecule has 2 aromatic carbocycles. The van der Waals surface area contributed by atoms with Crippen LogP contribution in [0.25, 0.3) is 6.08 Å². The molecular formula is C20H18O5. The van der Waals surface area contributed by atoms with Gasteiger partial charge in [0, 0.05) is 28.8 Å². The fourth-order valence-electron chi connectivity index (χ4n) is 3.73. The number of phenols is 1. The molecule has 25 heavy (non-hydrogen) atoms. The predicted molar refractivity (Wildman–Crippen MR) is 91.1 cm³/mol. The van der Waals surface area contributed by atoms with Crippen LogP contribution in [0.4, 0.5) is 0 Å². The highest BCUT2D eigenvalue weighted by atomic mass is 16.5. The Bertz CT molecular complexity index is 930. The van der Waals surface area contributed by atoms with Crippen LogP contribution in [-0.4, -0.2) is 22.4 Å². The van der Waals surface area contributed by atoms with Crippen LogP contribution in [0, 0.1) is 0 Å². The summed E-state index contributed by atoms with van der Waals surface area (Å²) in [7, 11) is 0. The predicted octanol–water partition coefficient (Wildman–Crippen LogP) is 3.29. The van der Waals surface area contributed by atoms with Gasteiger partial charge in [-0.1, -0.05) is 6.08 Å². The largest absolute Gasteiger partial charge is 0.508 e. The Balaban J connectivity index is 1.63. The van der Waals surface area contributed by atoms with Crippen LogP contribution in [0.2, 0.25) is 0 Å². The van der Waals surface area contributed by atoms with Crippen molar-refractivity contribution in [2.24, 2.45) is 0 Å². The first kappa shape index (κ1) is 14.7. The summed E-state index contributed by atoms with van der Waals surface area (Å²) in [5, 5.41) is 21.0. The second kappa shape index (κ2) is 4.49. The minimum Gasteiger partial charge on any atom is -0.508 e. The second-order valence-electron chi connectivity index (χ2n) is 7.36. The van der Waals surface area contributed by atoms with Crippen LogP contribution in [0.3, 0.4) is 0 Å². The van der Waals surface area contributed by atoms with Gasteiger partial charge in [-0.2, -0.15) is 0 Å². The minimum absolute atomic E-state index is 0.0654. The van der Waals surface area contributed by atoms with E-state index in [0.717, 1.165) is 16.9 Å². The normalized spacial score (nSPS) is 27.1. The van der Waals surface area contributed by atoms with Crippen LogP contribution < -0.4 is 14.2 Å². The maximum absolute atomic E-state index is 11.3. The molecule has 0 saturated heterocycles. The van der Waals surface area contributed by atoms with E-state index in [4.69, 9.17) is 14.2 Å². The Hall–Kier alpha value is -2.66. The molecule has 0 radical (unpaired) electrons. The molecule has 0 aliphatic carbocycles. The topological polar surface area (TPSA) is 68.2 Å². The van der Waals surface area contributed by atoms with E-state index < -0.39 is 11.7 Å². The van der Waals surface area contributed by atoms with Gasteiger partial charge in [-0.05, 0) is 38.1 Å². The number of hydrogen-bond donors (Lipinski definition) is 2. The van der Waals surface area contributed by atoms with Crippen molar-refractivity contribution < 1.29 is 24.4 Å². The van der Waals surface area contributed by atoms with Crippen molar-refractivity contribution in [1.29, 1.82) is 0 Å². The molecule has 5 heteroatoms. The van der Waals surface area contributed by atoms with Crippen molar-refractivity contribution in [2.75, 3.05) is 6.61 Å². The summed E-state index contributed by atoms with van der Waals surface area (Å²) in [4.78, 5) is 0. The van der Waals surface area contributed by atoms with Crippen molar-refractivity contribution >= 4 is 6.08 Å². The smallest absolute Gasteiger partial charge is 0.168 e. The first-order valence-corrected chi connectivity index (χ1v) is 8.27. The molecule has 5 nitrogen and oxygen atoms in total. The SMILES string of the molecule is CC1(C)C=Cc2cc3c(cc2O1)O[C@H]1c2ccc(O)cc2OC[C@]31O. The van der Waals surface area contributed by atoms with E-state index in [2.05, 4.69) is 0 Å². The highest BCUT2D eigenvalue weighted by molar-refractivity contribution is 5.66. The number of benzene rings is 2. The molecule has 0 unspecified atom stereocenters. The third-order valence-electron chi connectivity index (χ3n) is 5.02. The molecule has 3 aliphatic heterocycles. The van der Waals surface area contributed by atoms with Crippen LogP contribution in [0.1, 0.15) is 36.6 Å². The first-order chi connectivity index (χ1) is 11.9. The molecule has 0 aromatic heterocycles. The summed E-state index contributed by atoms with van der Waals surface area (Å²) in [5.74, 6) is 1.99. The third-order valence-corrected chi connectivity index (χ3v) is 5.02. The van der Waals surface area contributed by atoms with E-state index in [1.807, 2.05) is 38.1 Å². The fourth-order valence-corrected chi connectivity index (χ4v) is 3.73. The van der Waals surface area contributed by atoms with Crippen LogP contribution in [0.5, 0.6) is 23.0 Å². The molecule has 0 fully saturated rings. The Kier molecular flexibility index (Phi) is 2.63. The average molecular weight is 338 g/mol. The molecule has 128 valence electrons. The molecule has 0 spiro atoms. The lowest BCUT2D eigenvalue weighted by Crippen LogP contribution is -2.41. The van der Waals surface area contributed by atoms with Crippen LogP contribution >= 0.6 is 0 Å². The van der Waals surface area contributed by atoms with Gasteiger partial charge in [0.2, 0.25) is 0 Å². The maximum atomic E-state index is 11.3. The van der Waals surface area contributed by atoms with Crippen molar-refractivity contribution in [3.05, 3.63) is 53.1 Å². The highest BCUT2D eigenvalue weighted by Crippen LogP contribution is 2.55. The number of hydrogen-bond acceptors (Lipinski definition) is 5. The van der Waals surface area contributed by atoms with Gasteiger partial charge >= 0.3 is 0 Å². The molecule has 3 heterocycles. The number of ether oxygens (including phenoxy) is 3. The Morgan fingerprint density at radius 1 is 1.08 bits per heavy atom. The molecule has 0 amide bonds. The zero-order chi connectivity index (χ0) is 17.4. The molecule has 2 atom stereocenters. The molecule has 0 bridgehead atoms. The Morgan fingerprint density at radius 3 is 2.76 bits per heavy atom. The molecule has 3 aliphatic rings. The van der Waals surface area contributed by atoms with E-state index in [1.165, 1.54) is 0 Å². The molecule has 2 aromatic rings. The molecule has 0 saturated carbocycles. The van der Waals surface area contributed by atoms with E-state index in [-0.39, 0.29) is 18.0 Å². The quantitative estimate of drug-likeness (QED) is 0.771. The van der Waals surface area contributed by atoms with Gasteiger partial charge in [-0.3, -0.25) is 0 Å². The molecule has 2 N–H and O–H groups in total. The second-order valence-corrected chi connectivity index (χ2v) is 7.36. The van der Waals surface area contributed by atoms with Crippen LogP contribution in [0.15, 0.2) is 36.4 Å². The van der Waals surface area contributed by atoms with Gasteiger partial charge in [-0.25, -0.2) is 0 Å². The van der Waals surface area contributed by atoms with Gasteiger partial charge in [0.1, 0.15) is 35.2 Å². The van der Waals surface area contributed by atoms with Crippen molar-refractivity contribution in [2.45, 2.75) is 31.2 Å². The molecule has 5 rings (SSSR count). The average Bonchev–Trinajstić information content (AvgIpc) is 2.84. The van der Waals surface area contributed by atoms with E-state index in [1.54, 1.807) is 18.2 Å². The van der Waals surface area contributed by atoms with Crippen molar-refractivity contribution in [3.63, 3.8) is 0 Å². The minimum atomic E-state index is -1.27. The van der Waals surface area contributed by atoms with E-state index in [9.17, 15) is 10.2 Å². The van der Waals surface area contributed by atoms with Crippen molar-refractivity contribution in [3.8, 4) is 23.0 Å².